The number of nitrogens with one attached hydrogen (secondary N) is 2. The van der Waals surface area contributed by atoms with Gasteiger partial charge in [-0.2, -0.15) is 0 Å². The van der Waals surface area contributed by atoms with Crippen molar-refractivity contribution in [3.05, 3.63) is 0 Å². The molecular weight excluding hydrogens is 133 g/mol. The first kappa shape index (κ1) is 9.51. The molecule has 0 saturated heterocycles. The van der Waals surface area contributed by atoms with E-state index in [4.69, 9.17) is 10.6 Å². The zero-order chi connectivity index (χ0) is 4.12. The molecular formula is C2H6N2OZn. The van der Waals surface area contributed by atoms with Gasteiger partial charge in [0, 0.05) is 25.7 Å². The molecule has 0 saturated carbocycles. The quantitative estimate of drug-likeness (QED) is 0.277. The minimum atomic E-state index is 0. The smallest absolute Gasteiger partial charge is 0.0554 e. The molecule has 0 bridgehead atoms. The van der Waals surface area contributed by atoms with Gasteiger partial charge >= 0.3 is 0 Å². The maximum Gasteiger partial charge on any atom is 0.0554 e. The Morgan fingerprint density at radius 2 is 2.33 bits per heavy atom. The Morgan fingerprint density at radius 3 is 2.33 bits per heavy atom. The zero-order valence-corrected chi connectivity index (χ0v) is 6.41. The van der Waals surface area contributed by atoms with E-state index in [9.17, 15) is 0 Å². The predicted molar refractivity (Wildman–Crippen MR) is 18.6 cm³/mol. The van der Waals surface area contributed by atoms with Crippen LogP contribution < -0.4 is 5.48 Å². The average molecular weight is 139 g/mol. The first-order chi connectivity index (χ1) is 2.41. The Morgan fingerprint density at radius 1 is 1.83 bits per heavy atom. The molecule has 0 aliphatic rings. The maximum absolute atomic E-state index is 7.66. The fourth-order valence-electron chi connectivity index (χ4n) is 0.0456. The van der Waals surface area contributed by atoms with E-state index in [-0.39, 0.29) is 26.0 Å². The molecule has 0 aromatic rings. The molecule has 0 rings (SSSR count). The molecule has 0 spiro atoms. The third-order valence-electron chi connectivity index (χ3n) is 0.193. The molecule has 6 heavy (non-hydrogen) atoms. The maximum atomic E-state index is 7.66. The molecule has 0 aromatic heterocycles. The third kappa shape index (κ3) is 8.88. The number of hydrogen-bond donors (Lipinski definition) is 3. The van der Waals surface area contributed by atoms with Crippen LogP contribution in [0.5, 0.6) is 0 Å². The fourth-order valence-corrected chi connectivity index (χ4v) is 0.0456. The van der Waals surface area contributed by atoms with Crippen LogP contribution >= 0.6 is 0 Å². The van der Waals surface area contributed by atoms with Gasteiger partial charge in [0.25, 0.3) is 0 Å². The molecule has 0 heterocycles. The summed E-state index contributed by atoms with van der Waals surface area (Å²) in [5.74, 6) is 0. The van der Waals surface area contributed by atoms with Gasteiger partial charge in [-0.1, -0.05) is 0 Å². The summed E-state index contributed by atoms with van der Waals surface area (Å²) in [6.45, 7) is 0.236. The standard InChI is InChI=1S/C2H6N2O.Zn/c3-1-2-4-5;/h1,3-5H,2H2;. The number of hydrogen-bond acceptors (Lipinski definition) is 3. The molecule has 3 nitrogen and oxygen atoms in total. The molecule has 0 aliphatic heterocycles. The molecule has 0 radical (unpaired) electrons. The van der Waals surface area contributed by atoms with E-state index in [1.54, 1.807) is 5.48 Å². The van der Waals surface area contributed by atoms with Crippen LogP contribution in [0.2, 0.25) is 0 Å². The van der Waals surface area contributed by atoms with Crippen molar-refractivity contribution in [2.45, 2.75) is 0 Å². The van der Waals surface area contributed by atoms with E-state index in [0.29, 0.717) is 0 Å². The second-order valence-electron chi connectivity index (χ2n) is 0.566. The first-order valence-corrected chi connectivity index (χ1v) is 1.27. The van der Waals surface area contributed by atoms with E-state index in [1.165, 1.54) is 0 Å². The van der Waals surface area contributed by atoms with E-state index < -0.39 is 0 Å². The van der Waals surface area contributed by atoms with Crippen LogP contribution in [-0.2, 0) is 19.5 Å². The van der Waals surface area contributed by atoms with Gasteiger partial charge in [0.05, 0.1) is 6.54 Å². The Balaban J connectivity index is 0. The Bertz CT molecular complexity index is 32.7. The van der Waals surface area contributed by atoms with Crippen molar-refractivity contribution >= 4 is 6.21 Å². The largest absolute Gasteiger partial charge is 0.316 e. The van der Waals surface area contributed by atoms with Crippen LogP contribution in [0.1, 0.15) is 0 Å². The van der Waals surface area contributed by atoms with Crippen LogP contribution in [0.3, 0.4) is 0 Å². The summed E-state index contributed by atoms with van der Waals surface area (Å²) in [6, 6.07) is 0. The molecule has 0 unspecified atom stereocenters. The van der Waals surface area contributed by atoms with Gasteiger partial charge in [0.1, 0.15) is 0 Å². The van der Waals surface area contributed by atoms with Crippen molar-refractivity contribution in [3.63, 3.8) is 0 Å². The van der Waals surface area contributed by atoms with Crippen LogP contribution in [-0.4, -0.2) is 18.0 Å². The Labute approximate surface area is 49.0 Å². The molecule has 0 aromatic carbocycles. The van der Waals surface area contributed by atoms with Gasteiger partial charge in [-0.05, 0) is 0 Å². The molecule has 0 atom stereocenters. The molecule has 0 fully saturated rings. The summed E-state index contributed by atoms with van der Waals surface area (Å²) < 4.78 is 0. The van der Waals surface area contributed by atoms with Crippen molar-refractivity contribution in [2.24, 2.45) is 0 Å². The normalized spacial score (nSPS) is 6.17. The van der Waals surface area contributed by atoms with Crippen molar-refractivity contribution in [3.8, 4) is 0 Å². The molecule has 4 heteroatoms. The first-order valence-electron chi connectivity index (χ1n) is 1.27. The van der Waals surface area contributed by atoms with Gasteiger partial charge in [0.15, 0.2) is 0 Å². The van der Waals surface area contributed by atoms with Crippen LogP contribution in [0.4, 0.5) is 0 Å². The molecule has 32 valence electrons. The summed E-state index contributed by atoms with van der Waals surface area (Å²) in [5.41, 5.74) is 1.77. The van der Waals surface area contributed by atoms with Gasteiger partial charge in [-0.15, -0.1) is 0 Å². The topological polar surface area (TPSA) is 56.1 Å². The van der Waals surface area contributed by atoms with Crippen LogP contribution in [0.15, 0.2) is 0 Å². The van der Waals surface area contributed by atoms with Gasteiger partial charge in [0.2, 0.25) is 0 Å². The zero-order valence-electron chi connectivity index (χ0n) is 3.44. The second-order valence-corrected chi connectivity index (χ2v) is 0.566. The minimum absolute atomic E-state index is 0. The second kappa shape index (κ2) is 8.96. The molecule has 3 N–H and O–H groups in total. The van der Waals surface area contributed by atoms with Gasteiger partial charge in [-0.3, -0.25) is 0 Å². The van der Waals surface area contributed by atoms with Crippen LogP contribution in [0.25, 0.3) is 0 Å². The van der Waals surface area contributed by atoms with Gasteiger partial charge < -0.3 is 10.6 Å². The van der Waals surface area contributed by atoms with E-state index >= 15 is 0 Å². The summed E-state index contributed by atoms with van der Waals surface area (Å²) in [6.07, 6.45) is 1.07. The van der Waals surface area contributed by atoms with Crippen molar-refractivity contribution in [2.75, 3.05) is 6.54 Å². The van der Waals surface area contributed by atoms with Crippen LogP contribution in [0, 0.1) is 5.41 Å². The van der Waals surface area contributed by atoms with E-state index in [0.717, 1.165) is 6.21 Å². The van der Waals surface area contributed by atoms with E-state index in [2.05, 4.69) is 0 Å². The third-order valence-corrected chi connectivity index (χ3v) is 0.193. The fraction of sp³-hybridized carbons (Fsp3) is 0.500. The summed E-state index contributed by atoms with van der Waals surface area (Å²) in [7, 11) is 0. The summed E-state index contributed by atoms with van der Waals surface area (Å²) >= 11 is 0. The SMILES string of the molecule is N=CCNO.[Zn]. The van der Waals surface area contributed by atoms with Crippen molar-refractivity contribution in [1.82, 2.24) is 5.48 Å². The summed E-state index contributed by atoms with van der Waals surface area (Å²) in [4.78, 5) is 0. The van der Waals surface area contributed by atoms with E-state index in [1.807, 2.05) is 0 Å². The Kier molecular flexibility index (Phi) is 14.2. The van der Waals surface area contributed by atoms with Crippen molar-refractivity contribution in [1.29, 1.82) is 5.41 Å². The number of rotatable bonds is 2. The van der Waals surface area contributed by atoms with Crippen molar-refractivity contribution < 1.29 is 24.7 Å². The number of hydroxylamine groups is 1. The summed E-state index contributed by atoms with van der Waals surface area (Å²) in [5, 5.41) is 13.9. The average Bonchev–Trinajstić information content (AvgIpc) is 1.41. The minimum Gasteiger partial charge on any atom is -0.316 e. The monoisotopic (exact) mass is 138 g/mol. The molecule has 0 amide bonds. The Hall–Kier alpha value is 0.213. The molecule has 0 aliphatic carbocycles. The predicted octanol–water partition coefficient (Wildman–Crippen LogP) is -0.388. The van der Waals surface area contributed by atoms with Gasteiger partial charge in [-0.25, -0.2) is 5.48 Å².